The molecule has 1 heterocycles. The van der Waals surface area contributed by atoms with Crippen LogP contribution in [0.4, 0.5) is 5.69 Å². The van der Waals surface area contributed by atoms with Crippen molar-refractivity contribution in [2.45, 2.75) is 20.4 Å². The van der Waals surface area contributed by atoms with Gasteiger partial charge in [-0.05, 0) is 32.0 Å². The van der Waals surface area contributed by atoms with Crippen LogP contribution in [0.2, 0.25) is 0 Å². The molecular weight excluding hydrogens is 364 g/mol. The number of amides is 2. The molecule has 1 aromatic carbocycles. The highest BCUT2D eigenvalue weighted by molar-refractivity contribution is 5.94. The first-order valence-electron chi connectivity index (χ1n) is 8.63. The van der Waals surface area contributed by atoms with Gasteiger partial charge < -0.3 is 19.7 Å². The number of hydrogen-bond donors (Lipinski definition) is 1. The van der Waals surface area contributed by atoms with Crippen LogP contribution in [-0.4, -0.2) is 59.8 Å². The Morgan fingerprint density at radius 1 is 1.21 bits per heavy atom. The molecule has 9 nitrogen and oxygen atoms in total. The van der Waals surface area contributed by atoms with Gasteiger partial charge in [0.25, 0.3) is 5.91 Å². The largest absolute Gasteiger partial charge is 0.497 e. The van der Waals surface area contributed by atoms with Crippen LogP contribution in [0, 0.1) is 13.8 Å². The van der Waals surface area contributed by atoms with Crippen LogP contribution >= 0.6 is 0 Å². The van der Waals surface area contributed by atoms with Gasteiger partial charge in [-0.2, -0.15) is 5.10 Å². The molecule has 9 heteroatoms. The predicted octanol–water partition coefficient (Wildman–Crippen LogP) is 1.15. The molecule has 0 atom stereocenters. The minimum atomic E-state index is -0.575. The lowest BCUT2D eigenvalue weighted by Crippen LogP contribution is -2.37. The van der Waals surface area contributed by atoms with Crippen LogP contribution in [0.25, 0.3) is 0 Å². The first-order valence-corrected chi connectivity index (χ1v) is 8.63. The number of methoxy groups -OCH3 is 1. The Morgan fingerprint density at radius 3 is 2.61 bits per heavy atom. The van der Waals surface area contributed by atoms with Gasteiger partial charge >= 0.3 is 5.97 Å². The maximum absolute atomic E-state index is 12.1. The van der Waals surface area contributed by atoms with Crippen molar-refractivity contribution in [3.05, 3.63) is 41.7 Å². The van der Waals surface area contributed by atoms with Crippen LogP contribution in [0.3, 0.4) is 0 Å². The molecule has 0 bridgehead atoms. The minimum absolute atomic E-state index is 0.0764. The monoisotopic (exact) mass is 388 g/mol. The molecule has 28 heavy (non-hydrogen) atoms. The third-order valence-corrected chi connectivity index (χ3v) is 3.90. The Hall–Kier alpha value is -3.36. The van der Waals surface area contributed by atoms with Crippen LogP contribution in [-0.2, 0) is 25.7 Å². The second-order valence-electron chi connectivity index (χ2n) is 6.28. The molecule has 2 aromatic rings. The van der Waals surface area contributed by atoms with Gasteiger partial charge in [0.05, 0.1) is 19.3 Å². The van der Waals surface area contributed by atoms with E-state index in [1.165, 1.54) is 23.7 Å². The summed E-state index contributed by atoms with van der Waals surface area (Å²) in [5.41, 5.74) is 2.18. The van der Waals surface area contributed by atoms with Crippen molar-refractivity contribution in [1.82, 2.24) is 14.7 Å². The summed E-state index contributed by atoms with van der Waals surface area (Å²) in [6.07, 6.45) is 0. The Labute approximate surface area is 163 Å². The minimum Gasteiger partial charge on any atom is -0.497 e. The van der Waals surface area contributed by atoms with Crippen molar-refractivity contribution >= 4 is 23.5 Å². The summed E-state index contributed by atoms with van der Waals surface area (Å²) in [4.78, 5) is 37.2. The van der Waals surface area contributed by atoms with E-state index in [0.717, 1.165) is 11.4 Å². The zero-order valence-corrected chi connectivity index (χ0v) is 16.4. The van der Waals surface area contributed by atoms with E-state index >= 15 is 0 Å². The number of nitrogens with one attached hydrogen (secondary N) is 1. The molecule has 0 aliphatic carbocycles. The summed E-state index contributed by atoms with van der Waals surface area (Å²) in [6.45, 7) is 2.95. The molecule has 0 unspecified atom stereocenters. The standard InChI is InChI=1S/C19H24N4O5/c1-13-8-14(2)23(21-13)11-19(26)28-12-18(25)22(3)10-17(24)20-15-6-5-7-16(9-15)27-4/h5-9H,10-12H2,1-4H3,(H,20,24). The average Bonchev–Trinajstić information content (AvgIpc) is 2.96. The summed E-state index contributed by atoms with van der Waals surface area (Å²) < 4.78 is 11.6. The Balaban J connectivity index is 1.77. The second kappa shape index (κ2) is 9.54. The predicted molar refractivity (Wildman–Crippen MR) is 102 cm³/mol. The highest BCUT2D eigenvalue weighted by atomic mass is 16.5. The maximum Gasteiger partial charge on any atom is 0.328 e. The quantitative estimate of drug-likeness (QED) is 0.681. The molecular formula is C19H24N4O5. The summed E-state index contributed by atoms with van der Waals surface area (Å²) in [6, 6.07) is 8.72. The van der Waals surface area contributed by atoms with Gasteiger partial charge in [0.2, 0.25) is 5.91 Å². The van der Waals surface area contributed by atoms with Gasteiger partial charge in [0.15, 0.2) is 6.61 Å². The van der Waals surface area contributed by atoms with Crippen molar-refractivity contribution in [3.8, 4) is 5.75 Å². The molecule has 0 aliphatic heterocycles. The number of carbonyl (C=O) groups is 3. The second-order valence-corrected chi connectivity index (χ2v) is 6.28. The molecule has 0 aliphatic rings. The lowest BCUT2D eigenvalue weighted by Gasteiger charge is -2.17. The van der Waals surface area contributed by atoms with E-state index in [0.29, 0.717) is 11.4 Å². The maximum atomic E-state index is 12.1. The molecule has 0 spiro atoms. The van der Waals surface area contributed by atoms with E-state index < -0.39 is 18.5 Å². The number of rotatable bonds is 8. The van der Waals surface area contributed by atoms with Gasteiger partial charge in [-0.3, -0.25) is 19.1 Å². The van der Waals surface area contributed by atoms with Crippen molar-refractivity contribution in [2.75, 3.05) is 32.6 Å². The third-order valence-electron chi connectivity index (χ3n) is 3.90. The number of hydrogen-bond acceptors (Lipinski definition) is 6. The molecule has 2 rings (SSSR count). The number of aromatic nitrogens is 2. The molecule has 0 saturated carbocycles. The third kappa shape index (κ3) is 6.11. The fraction of sp³-hybridized carbons (Fsp3) is 0.368. The van der Waals surface area contributed by atoms with E-state index in [4.69, 9.17) is 9.47 Å². The summed E-state index contributed by atoms with van der Waals surface area (Å²) in [5.74, 6) is -0.828. The normalized spacial score (nSPS) is 10.3. The zero-order chi connectivity index (χ0) is 20.7. The Bertz CT molecular complexity index is 862. The SMILES string of the molecule is COc1cccc(NC(=O)CN(C)C(=O)COC(=O)Cn2nc(C)cc2C)c1. The van der Waals surface area contributed by atoms with Crippen molar-refractivity contribution in [1.29, 1.82) is 0 Å². The Morgan fingerprint density at radius 2 is 1.96 bits per heavy atom. The average molecular weight is 388 g/mol. The van der Waals surface area contributed by atoms with Crippen molar-refractivity contribution < 1.29 is 23.9 Å². The number of likely N-dealkylation sites (N-methyl/N-ethyl adjacent to an activating group) is 1. The number of anilines is 1. The van der Waals surface area contributed by atoms with Gasteiger partial charge in [-0.15, -0.1) is 0 Å². The van der Waals surface area contributed by atoms with Crippen LogP contribution < -0.4 is 10.1 Å². The fourth-order valence-corrected chi connectivity index (χ4v) is 2.46. The number of carbonyl (C=O) groups excluding carboxylic acids is 3. The molecule has 2 amide bonds. The summed E-state index contributed by atoms with van der Waals surface area (Å²) in [7, 11) is 2.99. The molecule has 0 saturated heterocycles. The van der Waals surface area contributed by atoms with Crippen LogP contribution in [0.5, 0.6) is 5.75 Å². The molecule has 1 N–H and O–H groups in total. The lowest BCUT2D eigenvalue weighted by molar-refractivity contribution is -0.152. The first-order chi connectivity index (χ1) is 13.3. The first kappa shape index (κ1) is 20.9. The number of aryl methyl sites for hydroxylation is 2. The fourth-order valence-electron chi connectivity index (χ4n) is 2.46. The van der Waals surface area contributed by atoms with E-state index in [9.17, 15) is 14.4 Å². The van der Waals surface area contributed by atoms with E-state index in [-0.39, 0.29) is 19.0 Å². The number of ether oxygens (including phenoxy) is 2. The number of benzene rings is 1. The highest BCUT2D eigenvalue weighted by Crippen LogP contribution is 2.16. The smallest absolute Gasteiger partial charge is 0.328 e. The number of nitrogens with zero attached hydrogens (tertiary/aromatic N) is 3. The topological polar surface area (TPSA) is 103 Å². The summed E-state index contributed by atoms with van der Waals surface area (Å²) in [5, 5.41) is 6.84. The lowest BCUT2D eigenvalue weighted by atomic mass is 10.3. The Kier molecular flexibility index (Phi) is 7.14. The zero-order valence-electron chi connectivity index (χ0n) is 16.4. The molecule has 150 valence electrons. The van der Waals surface area contributed by atoms with Crippen molar-refractivity contribution in [3.63, 3.8) is 0 Å². The van der Waals surface area contributed by atoms with E-state index in [2.05, 4.69) is 10.4 Å². The number of esters is 1. The van der Waals surface area contributed by atoms with Crippen molar-refractivity contribution in [2.24, 2.45) is 0 Å². The van der Waals surface area contributed by atoms with E-state index in [1.807, 2.05) is 19.9 Å². The van der Waals surface area contributed by atoms with Gasteiger partial charge in [0.1, 0.15) is 12.3 Å². The van der Waals surface area contributed by atoms with Gasteiger partial charge in [-0.1, -0.05) is 6.07 Å². The van der Waals surface area contributed by atoms with Crippen LogP contribution in [0.15, 0.2) is 30.3 Å². The van der Waals surface area contributed by atoms with Gasteiger partial charge in [-0.25, -0.2) is 0 Å². The van der Waals surface area contributed by atoms with E-state index in [1.54, 1.807) is 24.3 Å². The van der Waals surface area contributed by atoms with Gasteiger partial charge in [0, 0.05) is 24.5 Å². The van der Waals surface area contributed by atoms with Crippen LogP contribution in [0.1, 0.15) is 11.4 Å². The molecule has 1 aromatic heterocycles. The molecule has 0 fully saturated rings. The molecule has 0 radical (unpaired) electrons. The summed E-state index contributed by atoms with van der Waals surface area (Å²) >= 11 is 0. The highest BCUT2D eigenvalue weighted by Gasteiger charge is 2.16.